The number of nitrogens with one attached hydrogen (secondary N) is 3. The van der Waals surface area contributed by atoms with Gasteiger partial charge in [-0.05, 0) is 86.5 Å². The summed E-state index contributed by atoms with van der Waals surface area (Å²) in [7, 11) is 0. The second-order valence-electron chi connectivity index (χ2n) is 10.5. The molecule has 0 radical (unpaired) electrons. The van der Waals surface area contributed by atoms with Gasteiger partial charge >= 0.3 is 0 Å². The van der Waals surface area contributed by atoms with Crippen molar-refractivity contribution in [1.82, 2.24) is 15.2 Å². The van der Waals surface area contributed by atoms with Crippen molar-refractivity contribution >= 4 is 29.2 Å². The van der Waals surface area contributed by atoms with Gasteiger partial charge in [0.25, 0.3) is 11.8 Å². The highest BCUT2D eigenvalue weighted by Crippen LogP contribution is 2.40. The topological polar surface area (TPSA) is 77.2 Å². The molecule has 0 spiro atoms. The number of rotatable bonds is 6. The summed E-state index contributed by atoms with van der Waals surface area (Å²) in [5.41, 5.74) is 5.35. The summed E-state index contributed by atoms with van der Waals surface area (Å²) in [6.07, 6.45) is 6.41. The lowest BCUT2D eigenvalue weighted by molar-refractivity contribution is -0.110. The largest absolute Gasteiger partial charge is 0.358 e. The van der Waals surface area contributed by atoms with Gasteiger partial charge in [-0.1, -0.05) is 24.3 Å². The molecule has 2 aliphatic heterocycles. The lowest BCUT2D eigenvalue weighted by Gasteiger charge is -2.33. The molecule has 3 aliphatic rings. The van der Waals surface area contributed by atoms with Gasteiger partial charge in [0.05, 0.1) is 16.8 Å². The normalized spacial score (nSPS) is 20.3. The lowest BCUT2D eigenvalue weighted by Crippen LogP contribution is -2.43. The predicted molar refractivity (Wildman–Crippen MR) is 144 cm³/mol. The third-order valence-corrected chi connectivity index (χ3v) is 7.54. The van der Waals surface area contributed by atoms with E-state index in [4.69, 9.17) is 0 Å². The number of carbonyl (C=O) groups is 2. The Balaban J connectivity index is 1.32. The standard InChI is InChI=1S/C30H31FN4O2/c1-18-13-24(30(37)35-12-4-5-19(17-35)16-32-22-10-11-22)27(33-18)15-25-28-23(20-6-2-7-21(31)14-20)8-3-9-26(28)34-29(25)36/h2-3,6-9,13-15,19,22,32-33H,4-5,10-12,16-17H2,1H3,(H,34,36)/b25-15-/t19-/m0/s1. The van der Waals surface area contributed by atoms with Crippen LogP contribution in [0.2, 0.25) is 0 Å². The first-order chi connectivity index (χ1) is 18.0. The average Bonchev–Trinajstić information content (AvgIpc) is 3.58. The van der Waals surface area contributed by atoms with Crippen LogP contribution in [-0.2, 0) is 4.79 Å². The maximum absolute atomic E-state index is 14.0. The van der Waals surface area contributed by atoms with Crippen molar-refractivity contribution in [2.45, 2.75) is 38.6 Å². The molecular formula is C30H31FN4O2. The van der Waals surface area contributed by atoms with E-state index in [0.29, 0.717) is 45.6 Å². The number of carbonyl (C=O) groups excluding carboxylic acids is 2. The van der Waals surface area contributed by atoms with E-state index >= 15 is 0 Å². The van der Waals surface area contributed by atoms with Crippen molar-refractivity contribution in [2.75, 3.05) is 25.0 Å². The monoisotopic (exact) mass is 498 g/mol. The summed E-state index contributed by atoms with van der Waals surface area (Å²) in [4.78, 5) is 32.0. The minimum absolute atomic E-state index is 0.00985. The maximum Gasteiger partial charge on any atom is 0.256 e. The fourth-order valence-corrected chi connectivity index (χ4v) is 5.54. The molecule has 6 nitrogen and oxygen atoms in total. The minimum atomic E-state index is -0.335. The number of likely N-dealkylation sites (tertiary alicyclic amines) is 1. The molecule has 1 aliphatic carbocycles. The minimum Gasteiger partial charge on any atom is -0.358 e. The molecule has 3 aromatic rings. The Morgan fingerprint density at radius 1 is 1.16 bits per heavy atom. The summed E-state index contributed by atoms with van der Waals surface area (Å²) in [5.74, 6) is -0.127. The number of benzene rings is 2. The number of halogens is 1. The molecule has 2 amide bonds. The highest BCUT2D eigenvalue weighted by molar-refractivity contribution is 6.36. The average molecular weight is 499 g/mol. The predicted octanol–water partition coefficient (Wildman–Crippen LogP) is 5.23. The molecule has 6 rings (SSSR count). The number of amides is 2. The van der Waals surface area contributed by atoms with Gasteiger partial charge in [-0.25, -0.2) is 4.39 Å². The molecule has 1 saturated heterocycles. The molecule has 1 saturated carbocycles. The van der Waals surface area contributed by atoms with Gasteiger partial charge in [0.15, 0.2) is 0 Å². The van der Waals surface area contributed by atoms with Crippen LogP contribution in [0.1, 0.15) is 53.0 Å². The molecule has 190 valence electrons. The molecule has 1 aromatic heterocycles. The van der Waals surface area contributed by atoms with E-state index in [1.807, 2.05) is 42.2 Å². The van der Waals surface area contributed by atoms with Crippen molar-refractivity contribution < 1.29 is 14.0 Å². The van der Waals surface area contributed by atoms with E-state index in [2.05, 4.69) is 15.6 Å². The first kappa shape index (κ1) is 23.7. The smallest absolute Gasteiger partial charge is 0.256 e. The fourth-order valence-electron chi connectivity index (χ4n) is 5.54. The van der Waals surface area contributed by atoms with E-state index in [1.165, 1.54) is 25.0 Å². The highest BCUT2D eigenvalue weighted by atomic mass is 19.1. The van der Waals surface area contributed by atoms with E-state index in [0.717, 1.165) is 43.7 Å². The van der Waals surface area contributed by atoms with E-state index in [1.54, 1.807) is 12.1 Å². The number of hydrogen-bond donors (Lipinski definition) is 3. The van der Waals surface area contributed by atoms with Crippen LogP contribution in [-0.4, -0.2) is 47.4 Å². The molecular weight excluding hydrogens is 467 g/mol. The van der Waals surface area contributed by atoms with E-state index < -0.39 is 0 Å². The van der Waals surface area contributed by atoms with Gasteiger partial charge in [-0.15, -0.1) is 0 Å². The zero-order valence-electron chi connectivity index (χ0n) is 20.9. The molecule has 0 unspecified atom stereocenters. The number of fused-ring (bicyclic) bond motifs is 1. The van der Waals surface area contributed by atoms with Gasteiger partial charge < -0.3 is 20.5 Å². The molecule has 1 atom stereocenters. The molecule has 0 bridgehead atoms. The Labute approximate surface area is 216 Å². The first-order valence-electron chi connectivity index (χ1n) is 13.1. The fraction of sp³-hybridized carbons (Fsp3) is 0.333. The number of H-pyrrole nitrogens is 1. The Morgan fingerprint density at radius 3 is 2.81 bits per heavy atom. The number of anilines is 1. The first-order valence-corrected chi connectivity index (χ1v) is 13.1. The van der Waals surface area contributed by atoms with Crippen LogP contribution < -0.4 is 10.6 Å². The molecule has 37 heavy (non-hydrogen) atoms. The number of aromatic nitrogens is 1. The third-order valence-electron chi connectivity index (χ3n) is 7.54. The number of aryl methyl sites for hydroxylation is 1. The van der Waals surface area contributed by atoms with Crippen molar-refractivity contribution in [3.8, 4) is 11.1 Å². The van der Waals surface area contributed by atoms with Gasteiger partial charge in [0.1, 0.15) is 5.82 Å². The van der Waals surface area contributed by atoms with Crippen LogP contribution in [0.5, 0.6) is 0 Å². The van der Waals surface area contributed by atoms with Crippen LogP contribution in [0.25, 0.3) is 22.8 Å². The van der Waals surface area contributed by atoms with Crippen molar-refractivity contribution in [1.29, 1.82) is 0 Å². The molecule has 3 heterocycles. The zero-order chi connectivity index (χ0) is 25.5. The highest BCUT2D eigenvalue weighted by Gasteiger charge is 2.31. The quantitative estimate of drug-likeness (QED) is 0.408. The van der Waals surface area contributed by atoms with E-state index in [9.17, 15) is 14.0 Å². The Bertz CT molecular complexity index is 1400. The van der Waals surface area contributed by atoms with Crippen molar-refractivity contribution in [2.24, 2.45) is 5.92 Å². The summed E-state index contributed by atoms with van der Waals surface area (Å²) in [6, 6.07) is 14.5. The number of hydrogen-bond acceptors (Lipinski definition) is 3. The zero-order valence-corrected chi connectivity index (χ0v) is 20.9. The third kappa shape index (κ3) is 4.83. The van der Waals surface area contributed by atoms with Gasteiger partial charge in [0.2, 0.25) is 0 Å². The number of piperidine rings is 1. The van der Waals surface area contributed by atoms with Gasteiger partial charge in [-0.2, -0.15) is 0 Å². The molecule has 2 aromatic carbocycles. The summed E-state index contributed by atoms with van der Waals surface area (Å²) in [5, 5.41) is 6.53. The lowest BCUT2D eigenvalue weighted by atomic mass is 9.94. The summed E-state index contributed by atoms with van der Waals surface area (Å²) >= 11 is 0. The van der Waals surface area contributed by atoms with Gasteiger partial charge in [0, 0.05) is 36.1 Å². The maximum atomic E-state index is 14.0. The van der Waals surface area contributed by atoms with Crippen LogP contribution in [0.4, 0.5) is 10.1 Å². The molecule has 2 fully saturated rings. The van der Waals surface area contributed by atoms with Crippen molar-refractivity contribution in [3.63, 3.8) is 0 Å². The van der Waals surface area contributed by atoms with Crippen LogP contribution >= 0.6 is 0 Å². The molecule has 3 N–H and O–H groups in total. The second-order valence-corrected chi connectivity index (χ2v) is 10.5. The molecule has 7 heteroatoms. The Kier molecular flexibility index (Phi) is 6.16. The summed E-state index contributed by atoms with van der Waals surface area (Å²) < 4.78 is 14.0. The summed E-state index contributed by atoms with van der Waals surface area (Å²) in [6.45, 7) is 4.35. The number of nitrogens with zero attached hydrogens (tertiary/aromatic N) is 1. The van der Waals surface area contributed by atoms with E-state index in [-0.39, 0.29) is 17.6 Å². The SMILES string of the molecule is Cc1cc(C(=O)N2CCC[C@@H](CNC3CC3)C2)c(/C=C2\C(=O)Nc3cccc(-c4cccc(F)c4)c32)[nH]1. The Morgan fingerprint density at radius 2 is 2.00 bits per heavy atom. The van der Waals surface area contributed by atoms with Crippen molar-refractivity contribution in [3.05, 3.63) is 76.9 Å². The van der Waals surface area contributed by atoms with Crippen LogP contribution in [0, 0.1) is 18.7 Å². The second kappa shape index (κ2) is 9.63. The number of aromatic amines is 1. The van der Waals surface area contributed by atoms with Crippen LogP contribution in [0.3, 0.4) is 0 Å². The Hall–Kier alpha value is -3.71. The van der Waals surface area contributed by atoms with Gasteiger partial charge in [-0.3, -0.25) is 9.59 Å². The van der Waals surface area contributed by atoms with Crippen LogP contribution in [0.15, 0.2) is 48.5 Å².